The molecule has 0 unspecified atom stereocenters. The van der Waals surface area contributed by atoms with Crippen LogP contribution in [0.3, 0.4) is 0 Å². The molecule has 160 valence electrons. The van der Waals surface area contributed by atoms with Gasteiger partial charge in [0.05, 0.1) is 10.7 Å². The summed E-state index contributed by atoms with van der Waals surface area (Å²) in [7, 11) is 0. The number of carbonyl (C=O) groups is 1. The molecule has 1 fully saturated rings. The van der Waals surface area contributed by atoms with Gasteiger partial charge in [-0.25, -0.2) is 9.18 Å². The number of hydrogen-bond acceptors (Lipinski definition) is 7. The van der Waals surface area contributed by atoms with Gasteiger partial charge in [0.15, 0.2) is 23.9 Å². The molecule has 4 rings (SSSR count). The number of aromatic nitrogens is 3. The lowest BCUT2D eigenvalue weighted by atomic mass is 9.97. The summed E-state index contributed by atoms with van der Waals surface area (Å²) in [6, 6.07) is 2.44. The summed E-state index contributed by atoms with van der Waals surface area (Å²) in [4.78, 5) is 27.3. The van der Waals surface area contributed by atoms with E-state index in [1.807, 2.05) is 0 Å². The molecule has 0 saturated carbocycles. The lowest BCUT2D eigenvalue weighted by molar-refractivity contribution is -0.646. The van der Waals surface area contributed by atoms with Crippen molar-refractivity contribution in [2.24, 2.45) is 0 Å². The Morgan fingerprint density at radius 3 is 2.67 bits per heavy atom. The van der Waals surface area contributed by atoms with E-state index in [-0.39, 0.29) is 50.1 Å². The third kappa shape index (κ3) is 3.34. The van der Waals surface area contributed by atoms with Crippen LogP contribution in [-0.4, -0.2) is 40.9 Å². The summed E-state index contributed by atoms with van der Waals surface area (Å²) >= 11 is 0. The van der Waals surface area contributed by atoms with Gasteiger partial charge in [-0.15, -0.1) is 0 Å². The molecule has 1 aromatic carbocycles. The first kappa shape index (κ1) is 20.1. The molecule has 0 atom stereocenters. The third-order valence-electron chi connectivity index (χ3n) is 4.72. The molecule has 2 aliphatic rings. The number of carbonyl (C=O) groups excluding carboxylic acids is 1. The summed E-state index contributed by atoms with van der Waals surface area (Å²) in [5, 5.41) is 6.65. The first-order chi connectivity index (χ1) is 14.0. The fourth-order valence-electron chi connectivity index (χ4n) is 3.15. The maximum Gasteiger partial charge on any atom is 0.493 e. The van der Waals surface area contributed by atoms with Crippen LogP contribution in [0.2, 0.25) is 0 Å². The Balaban J connectivity index is 1.77. The summed E-state index contributed by atoms with van der Waals surface area (Å²) < 4.78 is 62.9. The zero-order chi connectivity index (χ0) is 21.8. The maximum absolute atomic E-state index is 14.5. The van der Waals surface area contributed by atoms with Crippen LogP contribution in [0.4, 0.5) is 17.6 Å². The predicted molar refractivity (Wildman–Crippen MR) is 89.6 cm³/mol. The SMILES string of the molecule is Cc1c2c(nn(OC(=O)C(F)(F)F)[n+]1=O)COc1cc(F)c(OC3(C)CNC3)cc1-2. The Hall–Kier alpha value is -3.22. The average Bonchev–Trinajstić information content (AvgIpc) is 2.64. The molecular formula is C17H15F4N4O5+. The Morgan fingerprint density at radius 2 is 2.07 bits per heavy atom. The van der Waals surface area contributed by atoms with Gasteiger partial charge in [-0.3, -0.25) is 4.84 Å². The van der Waals surface area contributed by atoms with Crippen molar-refractivity contribution in [3.05, 3.63) is 34.2 Å². The quantitative estimate of drug-likeness (QED) is 0.574. The lowest BCUT2D eigenvalue weighted by Gasteiger charge is -2.39. The molecule has 0 radical (unpaired) electrons. The number of halogens is 4. The minimum atomic E-state index is -5.31. The standard InChI is InChI=1S/C17H15F4N4O5/c1-8-14-9-3-13(29-16(2)6-22-7-16)10(18)4-12(9)28-5-11(14)23-25(24(8)27)30-15(26)17(19,20)21/h3-4,22H,5-7H2,1-2H3/q+1. The number of nitrogens with one attached hydrogen (secondary N) is 1. The van der Waals surface area contributed by atoms with Gasteiger partial charge in [-0.2, -0.15) is 13.2 Å². The molecule has 13 heteroatoms. The first-order valence-electron chi connectivity index (χ1n) is 8.70. The van der Waals surface area contributed by atoms with E-state index < -0.39 is 23.6 Å². The summed E-state index contributed by atoms with van der Waals surface area (Å²) in [5.74, 6) is -3.25. The fraction of sp³-hybridized carbons (Fsp3) is 0.412. The van der Waals surface area contributed by atoms with Crippen LogP contribution in [0, 0.1) is 17.6 Å². The van der Waals surface area contributed by atoms with Crippen LogP contribution in [0.15, 0.2) is 12.1 Å². The highest BCUT2D eigenvalue weighted by Crippen LogP contribution is 2.41. The van der Waals surface area contributed by atoms with Crippen molar-refractivity contribution < 1.29 is 41.2 Å². The second kappa shape index (κ2) is 6.65. The number of hydrogen-bond donors (Lipinski definition) is 1. The minimum Gasteiger partial charge on any atom is -0.484 e. The van der Waals surface area contributed by atoms with E-state index >= 15 is 0 Å². The predicted octanol–water partition coefficient (Wildman–Crippen LogP) is 1.06. The van der Waals surface area contributed by atoms with E-state index in [0.29, 0.717) is 13.1 Å². The third-order valence-corrected chi connectivity index (χ3v) is 4.72. The average molecular weight is 431 g/mol. The number of alkyl halides is 3. The van der Waals surface area contributed by atoms with Crippen molar-refractivity contribution in [2.75, 3.05) is 13.1 Å². The van der Waals surface area contributed by atoms with Crippen molar-refractivity contribution in [3.63, 3.8) is 0 Å². The molecule has 1 aromatic heterocycles. The van der Waals surface area contributed by atoms with Gasteiger partial charge in [-0.1, -0.05) is 0 Å². The number of nitrogens with zero attached hydrogens (tertiary/aromatic N) is 3. The number of ether oxygens (including phenoxy) is 2. The van der Waals surface area contributed by atoms with Crippen LogP contribution in [0.1, 0.15) is 18.3 Å². The molecule has 9 nitrogen and oxygen atoms in total. The second-order valence-electron chi connectivity index (χ2n) is 7.13. The molecule has 2 aromatic rings. The van der Waals surface area contributed by atoms with E-state index in [1.165, 1.54) is 13.0 Å². The van der Waals surface area contributed by atoms with Crippen LogP contribution < -0.4 is 24.2 Å². The normalized spacial score (nSPS) is 16.6. The van der Waals surface area contributed by atoms with Gasteiger partial charge in [-0.05, 0) is 17.9 Å². The number of benzene rings is 1. The monoisotopic (exact) mass is 431 g/mol. The van der Waals surface area contributed by atoms with Crippen molar-refractivity contribution in [1.82, 2.24) is 15.4 Å². The van der Waals surface area contributed by atoms with Gasteiger partial charge in [0.1, 0.15) is 15.9 Å². The van der Waals surface area contributed by atoms with Crippen molar-refractivity contribution in [2.45, 2.75) is 32.2 Å². The Labute approximate surface area is 165 Å². The molecule has 3 heterocycles. The summed E-state index contributed by atoms with van der Waals surface area (Å²) in [6.45, 7) is 3.84. The molecule has 2 aliphatic heterocycles. The zero-order valence-electron chi connectivity index (χ0n) is 15.7. The number of rotatable bonds is 3. The maximum atomic E-state index is 14.5. The van der Waals surface area contributed by atoms with Crippen molar-refractivity contribution in [1.29, 1.82) is 0 Å². The van der Waals surface area contributed by atoms with E-state index in [2.05, 4.69) is 15.3 Å². The molecule has 0 aliphatic carbocycles. The summed E-state index contributed by atoms with van der Waals surface area (Å²) in [5.41, 5.74) is -0.227. The molecule has 30 heavy (non-hydrogen) atoms. The van der Waals surface area contributed by atoms with Gasteiger partial charge >= 0.3 is 12.1 Å². The van der Waals surface area contributed by atoms with E-state index in [1.54, 1.807) is 6.92 Å². The molecular weight excluding hydrogens is 416 g/mol. The minimum absolute atomic E-state index is 0.0242. The molecule has 1 saturated heterocycles. The van der Waals surface area contributed by atoms with Gasteiger partial charge in [0, 0.05) is 31.6 Å². The van der Waals surface area contributed by atoms with Crippen LogP contribution >= 0.6 is 0 Å². The Kier molecular flexibility index (Phi) is 4.45. The van der Waals surface area contributed by atoms with Crippen molar-refractivity contribution >= 4 is 5.97 Å². The molecule has 0 bridgehead atoms. The smallest absolute Gasteiger partial charge is 0.484 e. The van der Waals surface area contributed by atoms with Gasteiger partial charge in [0.2, 0.25) is 10.7 Å². The largest absolute Gasteiger partial charge is 0.493 e. The highest BCUT2D eigenvalue weighted by Gasteiger charge is 2.44. The zero-order valence-corrected chi connectivity index (χ0v) is 15.7. The first-order valence-corrected chi connectivity index (χ1v) is 8.70. The van der Waals surface area contributed by atoms with Crippen LogP contribution in [0.5, 0.6) is 11.5 Å². The molecule has 1 N–H and O–H groups in total. The van der Waals surface area contributed by atoms with E-state index in [9.17, 15) is 27.3 Å². The van der Waals surface area contributed by atoms with Crippen molar-refractivity contribution in [3.8, 4) is 22.6 Å². The second-order valence-corrected chi connectivity index (χ2v) is 7.13. The van der Waals surface area contributed by atoms with Crippen LogP contribution in [-0.2, 0) is 11.4 Å². The topological polar surface area (TPSA) is 97.6 Å². The van der Waals surface area contributed by atoms with E-state index in [0.717, 1.165) is 6.07 Å². The number of fused-ring (bicyclic) bond motifs is 3. The molecule has 0 spiro atoms. The highest BCUT2D eigenvalue weighted by atomic mass is 19.4. The molecule has 0 amide bonds. The van der Waals surface area contributed by atoms with Crippen LogP contribution in [0.25, 0.3) is 11.1 Å². The summed E-state index contributed by atoms with van der Waals surface area (Å²) in [6.07, 6.45) is -5.31. The van der Waals surface area contributed by atoms with Gasteiger partial charge < -0.3 is 14.8 Å². The Morgan fingerprint density at radius 1 is 1.37 bits per heavy atom. The van der Waals surface area contributed by atoms with Gasteiger partial charge in [0.25, 0.3) is 0 Å². The fourth-order valence-corrected chi connectivity index (χ4v) is 3.15. The lowest BCUT2D eigenvalue weighted by Crippen LogP contribution is -2.61. The Bertz CT molecular complexity index is 1110. The highest BCUT2D eigenvalue weighted by molar-refractivity contribution is 5.77. The van der Waals surface area contributed by atoms with E-state index in [4.69, 9.17) is 9.47 Å².